The molecule has 1 unspecified atom stereocenters. The van der Waals surface area contributed by atoms with Gasteiger partial charge in [-0.25, -0.2) is 0 Å². The summed E-state index contributed by atoms with van der Waals surface area (Å²) in [6.07, 6.45) is 3.12. The third-order valence-corrected chi connectivity index (χ3v) is 3.30. The normalized spacial score (nSPS) is 12.8. The first-order valence-electron chi connectivity index (χ1n) is 4.67. The Balaban J connectivity index is 2.62. The third-order valence-electron chi connectivity index (χ3n) is 2.20. The van der Waals surface area contributed by atoms with Crippen molar-refractivity contribution in [3.05, 3.63) is 34.9 Å². The van der Waals surface area contributed by atoms with Gasteiger partial charge in [-0.05, 0) is 31.4 Å². The SMILES string of the molecule is CNC(CSC)Cc1ccccc1Cl. The van der Waals surface area contributed by atoms with E-state index in [2.05, 4.69) is 17.6 Å². The van der Waals surface area contributed by atoms with Crippen molar-refractivity contribution in [2.45, 2.75) is 12.5 Å². The van der Waals surface area contributed by atoms with E-state index in [0.29, 0.717) is 6.04 Å². The fourth-order valence-corrected chi connectivity index (χ4v) is 2.27. The van der Waals surface area contributed by atoms with Gasteiger partial charge in [0.1, 0.15) is 0 Å². The largest absolute Gasteiger partial charge is 0.316 e. The van der Waals surface area contributed by atoms with Crippen LogP contribution < -0.4 is 5.32 Å². The molecule has 0 aliphatic rings. The van der Waals surface area contributed by atoms with Crippen LogP contribution in [0.25, 0.3) is 0 Å². The van der Waals surface area contributed by atoms with Crippen molar-refractivity contribution in [2.24, 2.45) is 0 Å². The number of rotatable bonds is 5. The zero-order chi connectivity index (χ0) is 10.4. The molecule has 1 aromatic carbocycles. The summed E-state index contributed by atoms with van der Waals surface area (Å²) in [7, 11) is 2.00. The standard InChI is InChI=1S/C11H16ClNS/c1-13-10(8-14-2)7-9-5-3-4-6-11(9)12/h3-6,10,13H,7-8H2,1-2H3. The van der Waals surface area contributed by atoms with Crippen molar-refractivity contribution in [3.8, 4) is 0 Å². The van der Waals surface area contributed by atoms with E-state index in [4.69, 9.17) is 11.6 Å². The van der Waals surface area contributed by atoms with Crippen molar-refractivity contribution in [1.82, 2.24) is 5.32 Å². The minimum Gasteiger partial charge on any atom is -0.316 e. The number of likely N-dealkylation sites (N-methyl/N-ethyl adjacent to an activating group) is 1. The van der Waals surface area contributed by atoms with Crippen LogP contribution in [0.4, 0.5) is 0 Å². The highest BCUT2D eigenvalue weighted by molar-refractivity contribution is 7.98. The zero-order valence-corrected chi connectivity index (χ0v) is 10.2. The van der Waals surface area contributed by atoms with Crippen molar-refractivity contribution in [1.29, 1.82) is 0 Å². The first kappa shape index (κ1) is 11.9. The van der Waals surface area contributed by atoms with Crippen molar-refractivity contribution in [2.75, 3.05) is 19.1 Å². The molecule has 0 fully saturated rings. The Morgan fingerprint density at radius 1 is 1.43 bits per heavy atom. The van der Waals surface area contributed by atoms with Gasteiger partial charge in [-0.15, -0.1) is 0 Å². The van der Waals surface area contributed by atoms with Gasteiger partial charge in [-0.1, -0.05) is 29.8 Å². The summed E-state index contributed by atoms with van der Waals surface area (Å²) in [5, 5.41) is 4.17. The molecule has 1 nitrogen and oxygen atoms in total. The maximum atomic E-state index is 6.09. The summed E-state index contributed by atoms with van der Waals surface area (Å²) in [6, 6.07) is 8.54. The van der Waals surface area contributed by atoms with Gasteiger partial charge in [0.2, 0.25) is 0 Å². The maximum Gasteiger partial charge on any atom is 0.0438 e. The van der Waals surface area contributed by atoms with Gasteiger partial charge in [0.25, 0.3) is 0 Å². The first-order chi connectivity index (χ1) is 6.77. The molecule has 3 heteroatoms. The minimum absolute atomic E-state index is 0.505. The molecule has 1 atom stereocenters. The van der Waals surface area contributed by atoms with E-state index < -0.39 is 0 Å². The van der Waals surface area contributed by atoms with Gasteiger partial charge in [0, 0.05) is 16.8 Å². The van der Waals surface area contributed by atoms with Gasteiger partial charge in [-0.3, -0.25) is 0 Å². The van der Waals surface area contributed by atoms with Crippen LogP contribution in [0.5, 0.6) is 0 Å². The molecule has 0 aliphatic heterocycles. The summed E-state index contributed by atoms with van der Waals surface area (Å²) in [5.41, 5.74) is 1.22. The predicted octanol–water partition coefficient (Wildman–Crippen LogP) is 2.83. The summed E-state index contributed by atoms with van der Waals surface area (Å²) in [5.74, 6) is 1.11. The topological polar surface area (TPSA) is 12.0 Å². The van der Waals surface area contributed by atoms with Gasteiger partial charge in [-0.2, -0.15) is 11.8 Å². The van der Waals surface area contributed by atoms with E-state index in [1.54, 1.807) is 0 Å². The summed E-state index contributed by atoms with van der Waals surface area (Å²) in [4.78, 5) is 0. The Kier molecular flexibility index (Phi) is 5.38. The Labute approximate surface area is 95.2 Å². The molecular weight excluding hydrogens is 214 g/mol. The molecule has 78 valence electrons. The molecule has 0 saturated carbocycles. The highest BCUT2D eigenvalue weighted by atomic mass is 35.5. The molecule has 0 bridgehead atoms. The van der Waals surface area contributed by atoms with Crippen LogP contribution in [0, 0.1) is 0 Å². The quantitative estimate of drug-likeness (QED) is 0.834. The lowest BCUT2D eigenvalue weighted by Gasteiger charge is -2.15. The molecule has 0 aliphatic carbocycles. The average molecular weight is 230 g/mol. The maximum absolute atomic E-state index is 6.09. The van der Waals surface area contributed by atoms with Crippen LogP contribution in [0.15, 0.2) is 24.3 Å². The summed E-state index contributed by atoms with van der Waals surface area (Å²) >= 11 is 7.94. The highest BCUT2D eigenvalue weighted by Gasteiger charge is 2.08. The molecule has 0 saturated heterocycles. The van der Waals surface area contributed by atoms with Gasteiger partial charge < -0.3 is 5.32 Å². The Morgan fingerprint density at radius 2 is 2.14 bits per heavy atom. The van der Waals surface area contributed by atoms with E-state index >= 15 is 0 Å². The molecule has 0 aromatic heterocycles. The Hall–Kier alpha value is -0.180. The number of hydrogen-bond acceptors (Lipinski definition) is 2. The minimum atomic E-state index is 0.505. The lowest BCUT2D eigenvalue weighted by molar-refractivity contribution is 0.617. The van der Waals surface area contributed by atoms with Gasteiger partial charge in [0.15, 0.2) is 0 Å². The molecular formula is C11H16ClNS. The van der Waals surface area contributed by atoms with Crippen LogP contribution in [0.1, 0.15) is 5.56 Å². The molecule has 0 amide bonds. The van der Waals surface area contributed by atoms with Crippen LogP contribution >= 0.6 is 23.4 Å². The Morgan fingerprint density at radius 3 is 2.71 bits per heavy atom. The first-order valence-corrected chi connectivity index (χ1v) is 6.44. The van der Waals surface area contributed by atoms with E-state index in [1.807, 2.05) is 37.0 Å². The molecule has 0 spiro atoms. The van der Waals surface area contributed by atoms with Crippen molar-refractivity contribution < 1.29 is 0 Å². The fourth-order valence-electron chi connectivity index (χ4n) is 1.37. The number of thioether (sulfide) groups is 1. The second-order valence-electron chi connectivity index (χ2n) is 3.24. The summed E-state index contributed by atoms with van der Waals surface area (Å²) in [6.45, 7) is 0. The third kappa shape index (κ3) is 3.52. The molecule has 0 heterocycles. The number of benzene rings is 1. The van der Waals surface area contributed by atoms with E-state index in [9.17, 15) is 0 Å². The number of hydrogen-bond donors (Lipinski definition) is 1. The molecule has 14 heavy (non-hydrogen) atoms. The summed E-state index contributed by atoms with van der Waals surface area (Å²) < 4.78 is 0. The molecule has 0 radical (unpaired) electrons. The van der Waals surface area contributed by atoms with Crippen LogP contribution in [-0.2, 0) is 6.42 Å². The molecule has 1 aromatic rings. The number of nitrogens with one attached hydrogen (secondary N) is 1. The van der Waals surface area contributed by atoms with Gasteiger partial charge >= 0.3 is 0 Å². The average Bonchev–Trinajstić information content (AvgIpc) is 2.20. The second-order valence-corrected chi connectivity index (χ2v) is 4.55. The van der Waals surface area contributed by atoms with Crippen LogP contribution in [-0.4, -0.2) is 25.1 Å². The lowest BCUT2D eigenvalue weighted by Crippen LogP contribution is -2.30. The fraction of sp³-hybridized carbons (Fsp3) is 0.455. The smallest absolute Gasteiger partial charge is 0.0438 e. The number of halogens is 1. The molecule has 1 N–H and O–H groups in total. The van der Waals surface area contributed by atoms with E-state index in [0.717, 1.165) is 17.2 Å². The zero-order valence-electron chi connectivity index (χ0n) is 8.59. The van der Waals surface area contributed by atoms with E-state index in [-0.39, 0.29) is 0 Å². The second kappa shape index (κ2) is 6.33. The van der Waals surface area contributed by atoms with Gasteiger partial charge in [0.05, 0.1) is 0 Å². The monoisotopic (exact) mass is 229 g/mol. The molecule has 1 rings (SSSR count). The van der Waals surface area contributed by atoms with E-state index in [1.165, 1.54) is 5.56 Å². The lowest BCUT2D eigenvalue weighted by atomic mass is 10.1. The van der Waals surface area contributed by atoms with Crippen LogP contribution in [0.2, 0.25) is 5.02 Å². The van der Waals surface area contributed by atoms with Crippen LogP contribution in [0.3, 0.4) is 0 Å². The van der Waals surface area contributed by atoms with Crippen molar-refractivity contribution in [3.63, 3.8) is 0 Å². The van der Waals surface area contributed by atoms with Crippen molar-refractivity contribution >= 4 is 23.4 Å². The predicted molar refractivity (Wildman–Crippen MR) is 66.4 cm³/mol. The highest BCUT2D eigenvalue weighted by Crippen LogP contribution is 2.17. The Bertz CT molecular complexity index is 278.